The third-order valence-electron chi connectivity index (χ3n) is 2.71. The van der Waals surface area contributed by atoms with Crippen LogP contribution in [-0.4, -0.2) is 37.2 Å². The minimum Gasteiger partial charge on any atom is -0.497 e. The molecule has 23 heavy (non-hydrogen) atoms. The molecule has 9 heteroatoms. The van der Waals surface area contributed by atoms with Crippen LogP contribution >= 0.6 is 11.8 Å². The lowest BCUT2D eigenvalue weighted by atomic mass is 10.2. The number of benzene rings is 1. The van der Waals surface area contributed by atoms with E-state index in [1.807, 2.05) is 0 Å². The molecule has 2 amide bonds. The highest BCUT2D eigenvalue weighted by molar-refractivity contribution is 8.18. The Kier molecular flexibility index (Phi) is 5.36. The van der Waals surface area contributed by atoms with Crippen molar-refractivity contribution in [2.45, 2.75) is 0 Å². The van der Waals surface area contributed by atoms with Gasteiger partial charge in [0.05, 0.1) is 19.1 Å². The summed E-state index contributed by atoms with van der Waals surface area (Å²) < 4.78 is 9.44. The fourth-order valence-electron chi connectivity index (χ4n) is 1.55. The quantitative estimate of drug-likeness (QED) is 0.474. The number of methoxy groups -OCH3 is 2. The second-order valence-corrected chi connectivity index (χ2v) is 5.20. The average molecular weight is 335 g/mol. The molecule has 0 aromatic heterocycles. The summed E-state index contributed by atoms with van der Waals surface area (Å²) in [5.74, 6) is -0.950. The Morgan fingerprint density at radius 1 is 1.26 bits per heavy atom. The molecule has 1 aliphatic rings. The van der Waals surface area contributed by atoms with Crippen molar-refractivity contribution >= 4 is 34.7 Å². The molecular formula is C14H13N3O5S. The van der Waals surface area contributed by atoms with E-state index < -0.39 is 17.8 Å². The first-order valence-corrected chi connectivity index (χ1v) is 7.16. The number of nitrogens with zero attached hydrogens (tertiary/aromatic N) is 1. The summed E-state index contributed by atoms with van der Waals surface area (Å²) in [5.41, 5.74) is 2.70. The van der Waals surface area contributed by atoms with Crippen LogP contribution in [0.2, 0.25) is 0 Å². The number of rotatable bonds is 4. The second kappa shape index (κ2) is 7.45. The van der Waals surface area contributed by atoms with Gasteiger partial charge in [-0.05, 0) is 36.0 Å². The number of carbonyl (C=O) groups excluding carboxylic acids is 3. The Morgan fingerprint density at radius 2 is 1.96 bits per heavy atom. The SMILES string of the molecule is COC(=O)C=C1S/C(=N\NC(=O)c2ccc(OC)cc2)NC1=O. The van der Waals surface area contributed by atoms with E-state index in [9.17, 15) is 14.4 Å². The molecule has 0 unspecified atom stereocenters. The molecule has 0 atom stereocenters. The zero-order chi connectivity index (χ0) is 16.8. The first-order chi connectivity index (χ1) is 11.0. The van der Waals surface area contributed by atoms with Gasteiger partial charge in [-0.2, -0.15) is 0 Å². The molecule has 0 aliphatic carbocycles. The number of hydrazone groups is 1. The number of hydrogen-bond donors (Lipinski definition) is 2. The summed E-state index contributed by atoms with van der Waals surface area (Å²) >= 11 is 0.921. The largest absolute Gasteiger partial charge is 0.497 e. The molecule has 1 saturated heterocycles. The Hall–Kier alpha value is -2.81. The van der Waals surface area contributed by atoms with E-state index in [0.717, 1.165) is 17.8 Å². The molecular weight excluding hydrogens is 322 g/mol. The maximum absolute atomic E-state index is 11.9. The number of thioether (sulfide) groups is 1. The first kappa shape index (κ1) is 16.6. The van der Waals surface area contributed by atoms with Gasteiger partial charge in [-0.1, -0.05) is 0 Å². The highest BCUT2D eigenvalue weighted by Crippen LogP contribution is 2.23. The van der Waals surface area contributed by atoms with Crippen LogP contribution in [0, 0.1) is 0 Å². The topological polar surface area (TPSA) is 106 Å². The van der Waals surface area contributed by atoms with Gasteiger partial charge >= 0.3 is 5.97 Å². The Bertz CT molecular complexity index is 697. The summed E-state index contributed by atoms with van der Waals surface area (Å²) in [7, 11) is 2.74. The van der Waals surface area contributed by atoms with Crippen LogP contribution < -0.4 is 15.5 Å². The van der Waals surface area contributed by atoms with Gasteiger partial charge < -0.3 is 9.47 Å². The molecule has 1 aromatic rings. The van der Waals surface area contributed by atoms with E-state index in [0.29, 0.717) is 11.3 Å². The van der Waals surface area contributed by atoms with E-state index in [-0.39, 0.29) is 10.1 Å². The van der Waals surface area contributed by atoms with E-state index in [1.54, 1.807) is 24.3 Å². The van der Waals surface area contributed by atoms with E-state index in [1.165, 1.54) is 14.2 Å². The normalized spacial score (nSPS) is 17.0. The van der Waals surface area contributed by atoms with Crippen molar-refractivity contribution in [2.75, 3.05) is 14.2 Å². The Morgan fingerprint density at radius 3 is 2.57 bits per heavy atom. The van der Waals surface area contributed by atoms with Crippen molar-refractivity contribution in [3.8, 4) is 5.75 Å². The third kappa shape index (κ3) is 4.33. The highest BCUT2D eigenvalue weighted by Gasteiger charge is 2.25. The molecule has 120 valence electrons. The van der Waals surface area contributed by atoms with Crippen LogP contribution in [0.15, 0.2) is 40.3 Å². The van der Waals surface area contributed by atoms with E-state index in [4.69, 9.17) is 4.74 Å². The lowest BCUT2D eigenvalue weighted by molar-refractivity contribution is -0.135. The molecule has 1 aliphatic heterocycles. The number of hydrogen-bond acceptors (Lipinski definition) is 7. The van der Waals surface area contributed by atoms with Crippen molar-refractivity contribution in [2.24, 2.45) is 5.10 Å². The molecule has 1 heterocycles. The van der Waals surface area contributed by atoms with Crippen molar-refractivity contribution in [1.82, 2.24) is 10.7 Å². The molecule has 1 fully saturated rings. The van der Waals surface area contributed by atoms with Crippen LogP contribution in [0.4, 0.5) is 0 Å². The van der Waals surface area contributed by atoms with Crippen LogP contribution in [0.3, 0.4) is 0 Å². The fourth-order valence-corrected chi connectivity index (χ4v) is 2.30. The maximum Gasteiger partial charge on any atom is 0.331 e. The fraction of sp³-hybridized carbons (Fsp3) is 0.143. The Balaban J connectivity index is 2.00. The number of esters is 1. The summed E-state index contributed by atoms with van der Waals surface area (Å²) in [6.07, 6.45) is 1.05. The highest BCUT2D eigenvalue weighted by atomic mass is 32.2. The summed E-state index contributed by atoms with van der Waals surface area (Å²) in [6.45, 7) is 0. The van der Waals surface area contributed by atoms with Gasteiger partial charge in [-0.3, -0.25) is 14.9 Å². The summed E-state index contributed by atoms with van der Waals surface area (Å²) in [5, 5.41) is 6.38. The van der Waals surface area contributed by atoms with Crippen LogP contribution in [-0.2, 0) is 14.3 Å². The minimum atomic E-state index is -0.647. The number of nitrogens with one attached hydrogen (secondary N) is 2. The average Bonchev–Trinajstić information content (AvgIpc) is 2.92. The van der Waals surface area contributed by atoms with Crippen molar-refractivity contribution in [3.63, 3.8) is 0 Å². The number of ether oxygens (including phenoxy) is 2. The zero-order valence-electron chi connectivity index (χ0n) is 12.3. The van der Waals surface area contributed by atoms with E-state index in [2.05, 4.69) is 20.6 Å². The van der Waals surface area contributed by atoms with Gasteiger partial charge in [-0.25, -0.2) is 10.2 Å². The molecule has 8 nitrogen and oxygen atoms in total. The first-order valence-electron chi connectivity index (χ1n) is 6.34. The molecule has 0 bridgehead atoms. The van der Waals surface area contributed by atoms with Gasteiger partial charge in [0, 0.05) is 11.6 Å². The number of carbonyl (C=O) groups is 3. The van der Waals surface area contributed by atoms with Crippen molar-refractivity contribution in [3.05, 3.63) is 40.8 Å². The van der Waals surface area contributed by atoms with E-state index >= 15 is 0 Å². The monoisotopic (exact) mass is 335 g/mol. The summed E-state index contributed by atoms with van der Waals surface area (Å²) in [6, 6.07) is 6.45. The second-order valence-electron chi connectivity index (χ2n) is 4.17. The molecule has 0 saturated carbocycles. The number of amides is 2. The Labute approximate surface area is 135 Å². The van der Waals surface area contributed by atoms with Crippen molar-refractivity contribution in [1.29, 1.82) is 0 Å². The van der Waals surface area contributed by atoms with Gasteiger partial charge in [0.1, 0.15) is 5.75 Å². The van der Waals surface area contributed by atoms with Gasteiger partial charge in [0.15, 0.2) is 5.17 Å². The summed E-state index contributed by atoms with van der Waals surface area (Å²) in [4.78, 5) is 34.8. The smallest absolute Gasteiger partial charge is 0.331 e. The minimum absolute atomic E-state index is 0.134. The van der Waals surface area contributed by atoms with Crippen LogP contribution in [0.5, 0.6) is 5.75 Å². The molecule has 2 rings (SSSR count). The third-order valence-corrected chi connectivity index (χ3v) is 3.62. The lowest BCUT2D eigenvalue weighted by Gasteiger charge is -2.02. The molecule has 0 spiro atoms. The molecule has 2 N–H and O–H groups in total. The van der Waals surface area contributed by atoms with Gasteiger partial charge in [0.25, 0.3) is 11.8 Å². The standard InChI is InChI=1S/C14H13N3O5S/c1-21-9-5-3-8(4-6-9)12(19)16-17-14-15-13(20)10(23-14)7-11(18)22-2/h3-7H,1-2H3,(H,16,19)(H,15,17,20). The predicted octanol–water partition coefficient (Wildman–Crippen LogP) is 0.616. The van der Waals surface area contributed by atoms with Crippen LogP contribution in [0.25, 0.3) is 0 Å². The lowest BCUT2D eigenvalue weighted by Crippen LogP contribution is -2.25. The molecule has 0 radical (unpaired) electrons. The molecule has 1 aromatic carbocycles. The van der Waals surface area contributed by atoms with Gasteiger partial charge in [-0.15, -0.1) is 5.10 Å². The maximum atomic E-state index is 11.9. The van der Waals surface area contributed by atoms with Crippen molar-refractivity contribution < 1.29 is 23.9 Å². The van der Waals surface area contributed by atoms with Gasteiger partial charge in [0.2, 0.25) is 0 Å². The van der Waals surface area contributed by atoms with Crippen LogP contribution in [0.1, 0.15) is 10.4 Å². The number of amidine groups is 1. The zero-order valence-corrected chi connectivity index (χ0v) is 13.1. The predicted molar refractivity (Wildman–Crippen MR) is 83.7 cm³/mol.